The van der Waals surface area contributed by atoms with Gasteiger partial charge in [0.05, 0.1) is 12.7 Å². The van der Waals surface area contributed by atoms with Crippen LogP contribution in [0.15, 0.2) is 30.3 Å². The maximum atomic E-state index is 12.0. The van der Waals surface area contributed by atoms with Gasteiger partial charge in [0.2, 0.25) is 0 Å². The second-order valence-electron chi connectivity index (χ2n) is 4.52. The van der Waals surface area contributed by atoms with Gasteiger partial charge in [-0.25, -0.2) is 0 Å². The minimum atomic E-state index is 0.126. The average molecular weight is 218 g/mol. The molecule has 0 aromatic heterocycles. The first kappa shape index (κ1) is 11.3. The molecule has 1 aromatic rings. The van der Waals surface area contributed by atoms with Crippen LogP contribution >= 0.6 is 0 Å². The van der Waals surface area contributed by atoms with Crippen molar-refractivity contribution in [3.63, 3.8) is 0 Å². The Kier molecular flexibility index (Phi) is 3.73. The molecule has 2 rings (SSSR count). The zero-order chi connectivity index (χ0) is 11.4. The zero-order valence-corrected chi connectivity index (χ0v) is 9.69. The summed E-state index contributed by atoms with van der Waals surface area (Å²) in [5.74, 6) is 0.387. The van der Waals surface area contributed by atoms with Crippen LogP contribution in [0.25, 0.3) is 0 Å². The van der Waals surface area contributed by atoms with Crippen molar-refractivity contribution in [1.29, 1.82) is 0 Å². The predicted molar refractivity (Wildman–Crippen MR) is 63.5 cm³/mol. The molecule has 0 bridgehead atoms. The van der Waals surface area contributed by atoms with Crippen molar-refractivity contribution in [2.24, 2.45) is 5.92 Å². The van der Waals surface area contributed by atoms with E-state index in [0.29, 0.717) is 6.10 Å². The highest BCUT2D eigenvalue weighted by Gasteiger charge is 2.22. The van der Waals surface area contributed by atoms with Crippen LogP contribution in [0.4, 0.5) is 0 Å². The average Bonchev–Trinajstić information content (AvgIpc) is 3.13. The lowest BCUT2D eigenvalue weighted by atomic mass is 9.94. The van der Waals surface area contributed by atoms with Crippen molar-refractivity contribution in [3.05, 3.63) is 35.9 Å². The number of ketones is 1. The molecule has 2 unspecified atom stereocenters. The normalized spacial score (nSPS) is 20.4. The highest BCUT2D eigenvalue weighted by Crippen LogP contribution is 2.20. The van der Waals surface area contributed by atoms with E-state index in [4.69, 9.17) is 4.74 Å². The molecule has 2 nitrogen and oxygen atoms in total. The standard InChI is InChI=1S/C14H18O2/c1-11(6-5-9-13-10-16-13)14(15)12-7-3-2-4-8-12/h2-4,7-8,11,13H,5-6,9-10H2,1H3. The molecule has 0 saturated carbocycles. The molecule has 0 aliphatic carbocycles. The Morgan fingerprint density at radius 1 is 1.44 bits per heavy atom. The lowest BCUT2D eigenvalue weighted by Crippen LogP contribution is -2.11. The molecule has 1 saturated heterocycles. The smallest absolute Gasteiger partial charge is 0.165 e. The third kappa shape index (κ3) is 3.17. The minimum Gasteiger partial charge on any atom is -0.373 e. The first-order chi connectivity index (χ1) is 7.77. The second-order valence-corrected chi connectivity index (χ2v) is 4.52. The summed E-state index contributed by atoms with van der Waals surface area (Å²) in [5.41, 5.74) is 0.831. The lowest BCUT2D eigenvalue weighted by molar-refractivity contribution is 0.0922. The van der Waals surface area contributed by atoms with E-state index in [2.05, 4.69) is 0 Å². The van der Waals surface area contributed by atoms with E-state index < -0.39 is 0 Å². The van der Waals surface area contributed by atoms with Crippen molar-refractivity contribution in [1.82, 2.24) is 0 Å². The number of Topliss-reactive ketones (excluding diaryl/α,β-unsaturated/α-hetero) is 1. The quantitative estimate of drug-likeness (QED) is 0.542. The molecule has 1 fully saturated rings. The molecule has 1 aliphatic rings. The number of carbonyl (C=O) groups excluding carboxylic acids is 1. The van der Waals surface area contributed by atoms with Gasteiger partial charge >= 0.3 is 0 Å². The molecule has 0 spiro atoms. The van der Waals surface area contributed by atoms with Crippen LogP contribution in [0.1, 0.15) is 36.5 Å². The largest absolute Gasteiger partial charge is 0.373 e. The summed E-state index contributed by atoms with van der Waals surface area (Å²) in [6, 6.07) is 9.55. The van der Waals surface area contributed by atoms with E-state index in [1.165, 1.54) is 0 Å². The van der Waals surface area contributed by atoms with Crippen LogP contribution < -0.4 is 0 Å². The number of hydrogen-bond acceptors (Lipinski definition) is 2. The van der Waals surface area contributed by atoms with E-state index in [1.807, 2.05) is 37.3 Å². The highest BCUT2D eigenvalue weighted by molar-refractivity contribution is 5.97. The summed E-state index contributed by atoms with van der Waals surface area (Å²) < 4.78 is 5.15. The van der Waals surface area contributed by atoms with Crippen LogP contribution in [0.3, 0.4) is 0 Å². The van der Waals surface area contributed by atoms with Gasteiger partial charge in [0.1, 0.15) is 0 Å². The SMILES string of the molecule is CC(CCCC1CO1)C(=O)c1ccccc1. The van der Waals surface area contributed by atoms with Crippen LogP contribution in [0.5, 0.6) is 0 Å². The third-order valence-electron chi connectivity index (χ3n) is 3.07. The highest BCUT2D eigenvalue weighted by atomic mass is 16.6. The fourth-order valence-electron chi connectivity index (χ4n) is 1.90. The summed E-state index contributed by atoms with van der Waals surface area (Å²) in [5, 5.41) is 0. The zero-order valence-electron chi connectivity index (χ0n) is 9.69. The van der Waals surface area contributed by atoms with Gasteiger partial charge in [-0.05, 0) is 12.8 Å². The Bertz CT molecular complexity index is 341. The molecule has 0 radical (unpaired) electrons. The van der Waals surface area contributed by atoms with E-state index >= 15 is 0 Å². The van der Waals surface area contributed by atoms with Gasteiger partial charge in [-0.3, -0.25) is 4.79 Å². The number of ether oxygens (including phenoxy) is 1. The van der Waals surface area contributed by atoms with Crippen molar-refractivity contribution in [3.8, 4) is 0 Å². The maximum Gasteiger partial charge on any atom is 0.165 e. The number of rotatable bonds is 6. The fraction of sp³-hybridized carbons (Fsp3) is 0.500. The van der Waals surface area contributed by atoms with Gasteiger partial charge in [-0.15, -0.1) is 0 Å². The Hall–Kier alpha value is -1.15. The molecular weight excluding hydrogens is 200 g/mol. The molecule has 1 aliphatic heterocycles. The summed E-state index contributed by atoms with van der Waals surface area (Å²) in [4.78, 5) is 12.0. The Morgan fingerprint density at radius 2 is 2.12 bits per heavy atom. The van der Waals surface area contributed by atoms with E-state index in [1.54, 1.807) is 0 Å². The van der Waals surface area contributed by atoms with E-state index in [-0.39, 0.29) is 11.7 Å². The van der Waals surface area contributed by atoms with Gasteiger partial charge in [0.25, 0.3) is 0 Å². The van der Waals surface area contributed by atoms with Crippen LogP contribution in [-0.2, 0) is 4.74 Å². The number of hydrogen-bond donors (Lipinski definition) is 0. The van der Waals surface area contributed by atoms with Crippen molar-refractivity contribution in [2.45, 2.75) is 32.3 Å². The Morgan fingerprint density at radius 3 is 2.75 bits per heavy atom. The minimum absolute atomic E-state index is 0.126. The molecule has 1 aromatic carbocycles. The molecule has 2 atom stereocenters. The van der Waals surface area contributed by atoms with Crippen molar-refractivity contribution < 1.29 is 9.53 Å². The molecule has 0 N–H and O–H groups in total. The molecule has 86 valence electrons. The van der Waals surface area contributed by atoms with Gasteiger partial charge in [-0.1, -0.05) is 43.7 Å². The van der Waals surface area contributed by atoms with Crippen molar-refractivity contribution in [2.75, 3.05) is 6.61 Å². The molecular formula is C14H18O2. The maximum absolute atomic E-state index is 12.0. The first-order valence-corrected chi connectivity index (χ1v) is 5.98. The van der Waals surface area contributed by atoms with E-state index in [9.17, 15) is 4.79 Å². The van der Waals surface area contributed by atoms with Gasteiger partial charge in [0, 0.05) is 11.5 Å². The summed E-state index contributed by atoms with van der Waals surface area (Å²) in [6.07, 6.45) is 3.64. The van der Waals surface area contributed by atoms with Gasteiger partial charge in [0.15, 0.2) is 5.78 Å². The van der Waals surface area contributed by atoms with Crippen LogP contribution in [0.2, 0.25) is 0 Å². The first-order valence-electron chi connectivity index (χ1n) is 5.98. The monoisotopic (exact) mass is 218 g/mol. The predicted octanol–water partition coefficient (Wildman–Crippen LogP) is 3.07. The number of carbonyl (C=O) groups is 1. The fourth-order valence-corrected chi connectivity index (χ4v) is 1.90. The summed E-state index contributed by atoms with van der Waals surface area (Å²) >= 11 is 0. The third-order valence-corrected chi connectivity index (χ3v) is 3.07. The van der Waals surface area contributed by atoms with Crippen LogP contribution in [0, 0.1) is 5.92 Å². The number of epoxide rings is 1. The molecule has 16 heavy (non-hydrogen) atoms. The summed E-state index contributed by atoms with van der Waals surface area (Å²) in [6.45, 7) is 2.93. The second kappa shape index (κ2) is 5.26. The number of benzene rings is 1. The Labute approximate surface area is 96.6 Å². The van der Waals surface area contributed by atoms with E-state index in [0.717, 1.165) is 31.4 Å². The van der Waals surface area contributed by atoms with Gasteiger partial charge in [-0.2, -0.15) is 0 Å². The van der Waals surface area contributed by atoms with Gasteiger partial charge < -0.3 is 4.74 Å². The lowest BCUT2D eigenvalue weighted by Gasteiger charge is -2.09. The van der Waals surface area contributed by atoms with Crippen LogP contribution in [-0.4, -0.2) is 18.5 Å². The molecule has 1 heterocycles. The topological polar surface area (TPSA) is 29.6 Å². The molecule has 0 amide bonds. The van der Waals surface area contributed by atoms with Crippen molar-refractivity contribution >= 4 is 5.78 Å². The Balaban J connectivity index is 1.79. The summed E-state index contributed by atoms with van der Waals surface area (Å²) in [7, 11) is 0. The molecule has 2 heteroatoms.